The van der Waals surface area contributed by atoms with Crippen molar-refractivity contribution >= 4 is 17.6 Å². The Hall–Kier alpha value is -3.68. The number of nitrogens with two attached hydrogens (primary N) is 1. The molecule has 3 aromatic rings. The highest BCUT2D eigenvalue weighted by Crippen LogP contribution is 2.16. The van der Waals surface area contributed by atoms with Crippen LogP contribution >= 0.6 is 0 Å². The summed E-state index contributed by atoms with van der Waals surface area (Å²) in [6, 6.07) is 14.5. The quantitative estimate of drug-likeness (QED) is 0.474. The van der Waals surface area contributed by atoms with Gasteiger partial charge in [-0.2, -0.15) is 5.10 Å². The fourth-order valence-corrected chi connectivity index (χ4v) is 2.42. The largest absolute Gasteiger partial charge is 0.384 e. The maximum absolute atomic E-state index is 12.1. The number of aromatic amines is 1. The number of carbonyl (C=O) groups excluding carboxylic acids is 2. The Morgan fingerprint density at radius 2 is 1.74 bits per heavy atom. The zero-order valence-electron chi connectivity index (χ0n) is 14.6. The van der Waals surface area contributed by atoms with Crippen LogP contribution in [0.1, 0.15) is 27.3 Å². The molecule has 8 heteroatoms. The summed E-state index contributed by atoms with van der Waals surface area (Å²) in [5.41, 5.74) is 7.98. The molecule has 0 spiro atoms. The number of hydrogen-bond donors (Lipinski definition) is 4. The number of benzene rings is 1. The van der Waals surface area contributed by atoms with Crippen LogP contribution in [0, 0.1) is 0 Å². The van der Waals surface area contributed by atoms with E-state index in [-0.39, 0.29) is 11.8 Å². The second-order valence-electron chi connectivity index (χ2n) is 5.87. The van der Waals surface area contributed by atoms with E-state index in [1.165, 1.54) is 6.20 Å². The Labute approximate surface area is 156 Å². The number of H-pyrrole nitrogens is 1. The molecular weight excluding hydrogens is 344 g/mol. The summed E-state index contributed by atoms with van der Waals surface area (Å²) in [6.07, 6.45) is 2.02. The monoisotopic (exact) mass is 364 g/mol. The van der Waals surface area contributed by atoms with Gasteiger partial charge in [-0.05, 0) is 24.6 Å². The number of amides is 2. The van der Waals surface area contributed by atoms with E-state index in [0.29, 0.717) is 42.3 Å². The van der Waals surface area contributed by atoms with E-state index in [2.05, 4.69) is 25.8 Å². The molecule has 0 bridgehead atoms. The molecule has 0 saturated carbocycles. The van der Waals surface area contributed by atoms with Crippen LogP contribution in [0.25, 0.3) is 11.3 Å². The summed E-state index contributed by atoms with van der Waals surface area (Å²) in [5, 5.41) is 12.5. The molecule has 138 valence electrons. The third kappa shape index (κ3) is 4.91. The van der Waals surface area contributed by atoms with E-state index < -0.39 is 0 Å². The lowest BCUT2D eigenvalue weighted by molar-refractivity contribution is 0.0948. The van der Waals surface area contributed by atoms with Gasteiger partial charge < -0.3 is 16.4 Å². The van der Waals surface area contributed by atoms with Gasteiger partial charge in [0, 0.05) is 24.8 Å². The number of hydrogen-bond acceptors (Lipinski definition) is 5. The van der Waals surface area contributed by atoms with Crippen molar-refractivity contribution in [3.63, 3.8) is 0 Å². The van der Waals surface area contributed by atoms with E-state index in [1.54, 1.807) is 18.2 Å². The molecule has 27 heavy (non-hydrogen) atoms. The van der Waals surface area contributed by atoms with Gasteiger partial charge in [0.2, 0.25) is 0 Å². The van der Waals surface area contributed by atoms with Gasteiger partial charge in [0.05, 0.1) is 11.3 Å². The minimum Gasteiger partial charge on any atom is -0.384 e. The number of rotatable bonds is 7. The molecule has 0 saturated heterocycles. The summed E-state index contributed by atoms with van der Waals surface area (Å²) in [6.45, 7) is 0.862. The SMILES string of the molecule is Nc1ccc(C(=O)NCCCNC(=O)c2cc(-c3ccccc3)n[nH]2)cn1. The zero-order chi connectivity index (χ0) is 19.1. The van der Waals surface area contributed by atoms with E-state index >= 15 is 0 Å². The number of aromatic nitrogens is 3. The molecule has 0 aliphatic carbocycles. The molecule has 0 unspecified atom stereocenters. The van der Waals surface area contributed by atoms with Crippen molar-refractivity contribution in [3.8, 4) is 11.3 Å². The molecule has 8 nitrogen and oxygen atoms in total. The van der Waals surface area contributed by atoms with Gasteiger partial charge in [-0.1, -0.05) is 30.3 Å². The summed E-state index contributed by atoms with van der Waals surface area (Å²) in [5.74, 6) is -0.0999. The molecule has 3 rings (SSSR count). The first-order valence-electron chi connectivity index (χ1n) is 8.52. The molecule has 0 fully saturated rings. The van der Waals surface area contributed by atoms with Gasteiger partial charge in [-0.15, -0.1) is 0 Å². The summed E-state index contributed by atoms with van der Waals surface area (Å²) >= 11 is 0. The van der Waals surface area contributed by atoms with Gasteiger partial charge in [0.15, 0.2) is 0 Å². The highest BCUT2D eigenvalue weighted by atomic mass is 16.2. The molecule has 2 aromatic heterocycles. The first kappa shape index (κ1) is 18.1. The maximum atomic E-state index is 12.1. The van der Waals surface area contributed by atoms with Crippen molar-refractivity contribution in [3.05, 3.63) is 66.0 Å². The number of nitrogens with one attached hydrogen (secondary N) is 3. The Morgan fingerprint density at radius 3 is 2.44 bits per heavy atom. The zero-order valence-corrected chi connectivity index (χ0v) is 14.6. The van der Waals surface area contributed by atoms with Gasteiger partial charge >= 0.3 is 0 Å². The van der Waals surface area contributed by atoms with Gasteiger partial charge in [-0.25, -0.2) is 4.98 Å². The Bertz CT molecular complexity index is 905. The van der Waals surface area contributed by atoms with E-state index in [1.807, 2.05) is 30.3 Å². The summed E-state index contributed by atoms with van der Waals surface area (Å²) < 4.78 is 0. The van der Waals surface area contributed by atoms with Crippen molar-refractivity contribution in [1.29, 1.82) is 0 Å². The molecule has 1 aromatic carbocycles. The van der Waals surface area contributed by atoms with Crippen LogP contribution in [0.4, 0.5) is 5.82 Å². The first-order valence-corrected chi connectivity index (χ1v) is 8.52. The number of nitrogens with zero attached hydrogens (tertiary/aromatic N) is 2. The lowest BCUT2D eigenvalue weighted by Crippen LogP contribution is -2.30. The second-order valence-corrected chi connectivity index (χ2v) is 5.87. The minimum atomic E-state index is -0.237. The third-order valence-electron chi connectivity index (χ3n) is 3.87. The smallest absolute Gasteiger partial charge is 0.269 e. The average Bonchev–Trinajstić information content (AvgIpc) is 3.19. The third-order valence-corrected chi connectivity index (χ3v) is 3.87. The highest BCUT2D eigenvalue weighted by Gasteiger charge is 2.10. The summed E-state index contributed by atoms with van der Waals surface area (Å²) in [4.78, 5) is 27.9. The topological polar surface area (TPSA) is 126 Å². The second kappa shape index (κ2) is 8.61. The number of anilines is 1. The molecule has 0 aliphatic heterocycles. The summed E-state index contributed by atoms with van der Waals surface area (Å²) in [7, 11) is 0. The first-order chi connectivity index (χ1) is 13.1. The predicted octanol–water partition coefficient (Wildman–Crippen LogP) is 1.60. The van der Waals surface area contributed by atoms with Crippen LogP contribution in [0.3, 0.4) is 0 Å². The van der Waals surface area contributed by atoms with E-state index in [4.69, 9.17) is 5.73 Å². The lowest BCUT2D eigenvalue weighted by Gasteiger charge is -2.06. The Kier molecular flexibility index (Phi) is 5.78. The van der Waals surface area contributed by atoms with Gasteiger partial charge in [0.1, 0.15) is 11.5 Å². The normalized spacial score (nSPS) is 10.4. The average molecular weight is 364 g/mol. The van der Waals surface area contributed by atoms with Crippen molar-refractivity contribution in [2.45, 2.75) is 6.42 Å². The van der Waals surface area contributed by atoms with Gasteiger partial charge in [0.25, 0.3) is 11.8 Å². The molecule has 0 atom stereocenters. The fourth-order valence-electron chi connectivity index (χ4n) is 2.42. The standard InChI is InChI=1S/C19H20N6O2/c20-17-8-7-14(12-23-17)18(26)21-9-4-10-22-19(27)16-11-15(24-25-16)13-5-2-1-3-6-13/h1-3,5-8,11-12H,4,9-10H2,(H2,20,23)(H,21,26)(H,22,27)(H,24,25). The highest BCUT2D eigenvalue weighted by molar-refractivity contribution is 5.94. The number of carbonyl (C=O) groups is 2. The lowest BCUT2D eigenvalue weighted by atomic mass is 10.1. The molecule has 0 aliphatic rings. The molecule has 5 N–H and O–H groups in total. The van der Waals surface area contributed by atoms with Crippen LogP contribution in [-0.4, -0.2) is 40.1 Å². The van der Waals surface area contributed by atoms with E-state index in [9.17, 15) is 9.59 Å². The molecule has 2 amide bonds. The predicted molar refractivity (Wildman–Crippen MR) is 102 cm³/mol. The number of nitrogen functional groups attached to an aromatic ring is 1. The number of pyridine rings is 1. The van der Waals surface area contributed by atoms with Crippen molar-refractivity contribution < 1.29 is 9.59 Å². The maximum Gasteiger partial charge on any atom is 0.269 e. The van der Waals surface area contributed by atoms with Gasteiger partial charge in [-0.3, -0.25) is 14.7 Å². The van der Waals surface area contributed by atoms with Crippen LogP contribution in [-0.2, 0) is 0 Å². The Balaban J connectivity index is 1.40. The van der Waals surface area contributed by atoms with Crippen LogP contribution in [0.5, 0.6) is 0 Å². The van der Waals surface area contributed by atoms with Crippen molar-refractivity contribution in [2.75, 3.05) is 18.8 Å². The van der Waals surface area contributed by atoms with Crippen LogP contribution in [0.15, 0.2) is 54.7 Å². The Morgan fingerprint density at radius 1 is 1.00 bits per heavy atom. The van der Waals surface area contributed by atoms with Crippen LogP contribution < -0.4 is 16.4 Å². The van der Waals surface area contributed by atoms with E-state index in [0.717, 1.165) is 5.56 Å². The molecular formula is C19H20N6O2. The van der Waals surface area contributed by atoms with Crippen molar-refractivity contribution in [1.82, 2.24) is 25.8 Å². The molecule has 2 heterocycles. The van der Waals surface area contributed by atoms with Crippen molar-refractivity contribution in [2.24, 2.45) is 0 Å². The minimum absolute atomic E-state index is 0.227. The molecule has 0 radical (unpaired) electrons. The fraction of sp³-hybridized carbons (Fsp3) is 0.158. The van der Waals surface area contributed by atoms with Crippen LogP contribution in [0.2, 0.25) is 0 Å².